The number of hydrogen-bond acceptors (Lipinski definition) is 5. The lowest BCUT2D eigenvalue weighted by Crippen LogP contribution is -2.30. The van der Waals surface area contributed by atoms with Crippen molar-refractivity contribution in [3.63, 3.8) is 0 Å². The van der Waals surface area contributed by atoms with Gasteiger partial charge in [0.1, 0.15) is 17.0 Å². The van der Waals surface area contributed by atoms with Gasteiger partial charge in [-0.3, -0.25) is 9.78 Å². The second-order valence-electron chi connectivity index (χ2n) is 5.49. The largest absolute Gasteiger partial charge is 0.472 e. The Morgan fingerprint density at radius 2 is 2.35 bits per heavy atom. The van der Waals surface area contributed by atoms with Crippen LogP contribution < -0.4 is 0 Å². The average molecular weight is 325 g/mol. The summed E-state index contributed by atoms with van der Waals surface area (Å²) in [5.74, 6) is -0.0117. The maximum atomic E-state index is 12.8. The maximum Gasteiger partial charge on any atom is 0.273 e. The monoisotopic (exact) mass is 325 g/mol. The second kappa shape index (κ2) is 5.96. The van der Waals surface area contributed by atoms with E-state index in [9.17, 15) is 4.79 Å². The molecule has 4 heterocycles. The summed E-state index contributed by atoms with van der Waals surface area (Å²) >= 11 is 1.46. The molecular weight excluding hydrogens is 310 g/mol. The molecule has 5 nitrogen and oxygen atoms in total. The molecular formula is C17H15N3O2S. The van der Waals surface area contributed by atoms with E-state index in [4.69, 9.17) is 4.42 Å². The summed E-state index contributed by atoms with van der Waals surface area (Å²) in [7, 11) is 0. The third kappa shape index (κ3) is 2.66. The molecule has 1 atom stereocenters. The molecule has 1 aliphatic heterocycles. The van der Waals surface area contributed by atoms with Crippen LogP contribution >= 0.6 is 11.3 Å². The minimum Gasteiger partial charge on any atom is -0.472 e. The zero-order chi connectivity index (χ0) is 15.6. The van der Waals surface area contributed by atoms with E-state index >= 15 is 0 Å². The van der Waals surface area contributed by atoms with Crippen molar-refractivity contribution in [2.24, 2.45) is 0 Å². The zero-order valence-corrected chi connectivity index (χ0v) is 13.2. The van der Waals surface area contributed by atoms with E-state index in [0.29, 0.717) is 5.69 Å². The first-order chi connectivity index (χ1) is 11.3. The Hall–Kier alpha value is -2.47. The molecule has 1 fully saturated rings. The summed E-state index contributed by atoms with van der Waals surface area (Å²) in [6, 6.07) is 5.88. The smallest absolute Gasteiger partial charge is 0.273 e. The van der Waals surface area contributed by atoms with Crippen molar-refractivity contribution in [2.75, 3.05) is 6.54 Å². The van der Waals surface area contributed by atoms with Gasteiger partial charge in [0.25, 0.3) is 5.91 Å². The maximum absolute atomic E-state index is 12.8. The van der Waals surface area contributed by atoms with Gasteiger partial charge >= 0.3 is 0 Å². The van der Waals surface area contributed by atoms with Crippen molar-refractivity contribution in [2.45, 2.75) is 18.9 Å². The third-order valence-electron chi connectivity index (χ3n) is 4.07. The highest BCUT2D eigenvalue weighted by Gasteiger charge is 2.31. The Bertz CT molecular complexity index is 798. The Balaban J connectivity index is 1.59. The van der Waals surface area contributed by atoms with E-state index in [1.165, 1.54) is 11.3 Å². The molecule has 6 heteroatoms. The van der Waals surface area contributed by atoms with Crippen LogP contribution in [0.2, 0.25) is 0 Å². The number of hydrogen-bond donors (Lipinski definition) is 0. The molecule has 0 spiro atoms. The van der Waals surface area contributed by atoms with E-state index < -0.39 is 0 Å². The minimum atomic E-state index is -0.0117. The first kappa shape index (κ1) is 14.1. The predicted molar refractivity (Wildman–Crippen MR) is 87.1 cm³/mol. The SMILES string of the molecule is O=C(c1csc(-c2ccoc2)n1)N1CCCC1c1cccnc1. The molecule has 0 radical (unpaired) electrons. The Labute approximate surface area is 137 Å². The van der Waals surface area contributed by atoms with Gasteiger partial charge in [0.05, 0.1) is 12.3 Å². The van der Waals surface area contributed by atoms with Gasteiger partial charge in [-0.1, -0.05) is 6.07 Å². The number of pyridine rings is 1. The molecule has 1 unspecified atom stereocenters. The normalized spacial score (nSPS) is 17.6. The van der Waals surface area contributed by atoms with Crippen molar-refractivity contribution < 1.29 is 9.21 Å². The van der Waals surface area contributed by atoms with Crippen molar-refractivity contribution in [1.82, 2.24) is 14.9 Å². The van der Waals surface area contributed by atoms with Gasteiger partial charge < -0.3 is 9.32 Å². The molecule has 116 valence electrons. The summed E-state index contributed by atoms with van der Waals surface area (Å²) in [6.07, 6.45) is 8.81. The second-order valence-corrected chi connectivity index (χ2v) is 6.35. The summed E-state index contributed by atoms with van der Waals surface area (Å²) < 4.78 is 5.08. The van der Waals surface area contributed by atoms with Gasteiger partial charge in [0.2, 0.25) is 0 Å². The summed E-state index contributed by atoms with van der Waals surface area (Å²) in [5.41, 5.74) is 2.49. The number of aromatic nitrogens is 2. The first-order valence-electron chi connectivity index (χ1n) is 7.52. The first-order valence-corrected chi connectivity index (χ1v) is 8.40. The lowest BCUT2D eigenvalue weighted by molar-refractivity contribution is 0.0730. The van der Waals surface area contributed by atoms with Crippen LogP contribution in [0.5, 0.6) is 0 Å². The lowest BCUT2D eigenvalue weighted by Gasteiger charge is -2.24. The van der Waals surface area contributed by atoms with Crippen molar-refractivity contribution >= 4 is 17.2 Å². The van der Waals surface area contributed by atoms with E-state index in [-0.39, 0.29) is 11.9 Å². The molecule has 1 amide bonds. The standard InChI is InChI=1S/C17H15N3O2S/c21-17(14-11-23-16(19-14)13-5-8-22-10-13)20-7-2-4-15(20)12-3-1-6-18-9-12/h1,3,5-6,8-11,15H,2,4,7H2. The highest BCUT2D eigenvalue weighted by Crippen LogP contribution is 2.33. The van der Waals surface area contributed by atoms with Gasteiger partial charge in [-0.25, -0.2) is 4.98 Å². The topological polar surface area (TPSA) is 59.2 Å². The summed E-state index contributed by atoms with van der Waals surface area (Å²) in [4.78, 5) is 23.4. The van der Waals surface area contributed by atoms with Crippen LogP contribution in [0.4, 0.5) is 0 Å². The molecule has 0 aromatic carbocycles. The van der Waals surface area contributed by atoms with Gasteiger partial charge in [0.15, 0.2) is 0 Å². The number of rotatable bonds is 3. The number of carbonyl (C=O) groups is 1. The van der Waals surface area contributed by atoms with Gasteiger partial charge in [-0.05, 0) is 30.5 Å². The molecule has 4 rings (SSSR count). The number of amides is 1. The number of carbonyl (C=O) groups excluding carboxylic acids is 1. The number of furan rings is 1. The molecule has 1 aliphatic rings. The van der Waals surface area contributed by atoms with Gasteiger partial charge in [-0.2, -0.15) is 0 Å². The van der Waals surface area contributed by atoms with Gasteiger partial charge in [0, 0.05) is 29.9 Å². The fraction of sp³-hybridized carbons (Fsp3) is 0.235. The molecule has 0 N–H and O–H groups in total. The number of nitrogens with zero attached hydrogens (tertiary/aromatic N) is 3. The molecule has 1 saturated heterocycles. The lowest BCUT2D eigenvalue weighted by atomic mass is 10.1. The zero-order valence-electron chi connectivity index (χ0n) is 12.4. The van der Waals surface area contributed by atoms with Crippen LogP contribution in [0, 0.1) is 0 Å². The van der Waals surface area contributed by atoms with Crippen LogP contribution in [0.25, 0.3) is 10.6 Å². The molecule has 0 aliphatic carbocycles. The Kier molecular flexibility index (Phi) is 3.67. The van der Waals surface area contributed by atoms with E-state index in [1.807, 2.05) is 34.7 Å². The van der Waals surface area contributed by atoms with Crippen molar-refractivity contribution in [3.05, 3.63) is 59.8 Å². The predicted octanol–water partition coefficient (Wildman–Crippen LogP) is 3.78. The quantitative estimate of drug-likeness (QED) is 0.735. The highest BCUT2D eigenvalue weighted by molar-refractivity contribution is 7.13. The van der Waals surface area contributed by atoms with Crippen LogP contribution in [-0.2, 0) is 0 Å². The molecule has 3 aromatic heterocycles. The van der Waals surface area contributed by atoms with Crippen molar-refractivity contribution in [3.8, 4) is 10.6 Å². The molecule has 0 saturated carbocycles. The minimum absolute atomic E-state index is 0.0117. The Morgan fingerprint density at radius 3 is 3.13 bits per heavy atom. The van der Waals surface area contributed by atoms with Crippen LogP contribution in [0.1, 0.15) is 34.9 Å². The van der Waals surface area contributed by atoms with E-state index in [2.05, 4.69) is 9.97 Å². The van der Waals surface area contributed by atoms with Gasteiger partial charge in [-0.15, -0.1) is 11.3 Å². The number of likely N-dealkylation sites (tertiary alicyclic amines) is 1. The summed E-state index contributed by atoms with van der Waals surface area (Å²) in [5, 5.41) is 2.63. The fourth-order valence-electron chi connectivity index (χ4n) is 2.97. The van der Waals surface area contributed by atoms with Crippen LogP contribution in [0.3, 0.4) is 0 Å². The van der Waals surface area contributed by atoms with Crippen LogP contribution in [-0.4, -0.2) is 27.3 Å². The van der Waals surface area contributed by atoms with E-state index in [0.717, 1.165) is 35.5 Å². The molecule has 23 heavy (non-hydrogen) atoms. The highest BCUT2D eigenvalue weighted by atomic mass is 32.1. The third-order valence-corrected chi connectivity index (χ3v) is 4.97. The van der Waals surface area contributed by atoms with Crippen molar-refractivity contribution in [1.29, 1.82) is 0 Å². The molecule has 0 bridgehead atoms. The van der Waals surface area contributed by atoms with E-state index in [1.54, 1.807) is 18.7 Å². The summed E-state index contributed by atoms with van der Waals surface area (Å²) in [6.45, 7) is 0.761. The molecule has 3 aromatic rings. The Morgan fingerprint density at radius 1 is 1.39 bits per heavy atom. The average Bonchev–Trinajstić information content (AvgIpc) is 3.35. The fourth-order valence-corrected chi connectivity index (χ4v) is 3.75. The number of thiazole rings is 1. The van der Waals surface area contributed by atoms with Crippen LogP contribution in [0.15, 0.2) is 52.9 Å².